The van der Waals surface area contributed by atoms with Gasteiger partial charge in [0.05, 0.1) is 11.6 Å². The molecule has 0 atom stereocenters. The fraction of sp³-hybridized carbons (Fsp3) is 0.600. The molecule has 0 aliphatic heterocycles. The van der Waals surface area contributed by atoms with Crippen molar-refractivity contribution < 1.29 is 4.39 Å². The summed E-state index contributed by atoms with van der Waals surface area (Å²) in [7, 11) is 0. The molecule has 2 fully saturated rings. The van der Waals surface area contributed by atoms with Crippen molar-refractivity contribution in [3.8, 4) is 12.1 Å². The molecule has 0 heterocycles. The summed E-state index contributed by atoms with van der Waals surface area (Å²) in [4.78, 5) is 0. The third-order valence-electron chi connectivity index (χ3n) is 8.03. The highest BCUT2D eigenvalue weighted by Gasteiger charge is 2.23. The van der Waals surface area contributed by atoms with Crippen molar-refractivity contribution in [3.05, 3.63) is 59.4 Å². The van der Waals surface area contributed by atoms with Crippen molar-refractivity contribution in [2.45, 2.75) is 95.8 Å². The van der Waals surface area contributed by atoms with Crippen LogP contribution in [0.2, 0.25) is 0 Å². The van der Waals surface area contributed by atoms with E-state index in [4.69, 9.17) is 10.5 Å². The Morgan fingerprint density at radius 3 is 1.91 bits per heavy atom. The first-order valence-corrected chi connectivity index (χ1v) is 13.1. The van der Waals surface area contributed by atoms with E-state index in [1.165, 1.54) is 101 Å². The van der Waals surface area contributed by atoms with Gasteiger partial charge in [-0.3, -0.25) is 0 Å². The lowest BCUT2D eigenvalue weighted by Gasteiger charge is -2.30. The lowest BCUT2D eigenvalue weighted by molar-refractivity contribution is 0.244. The van der Waals surface area contributed by atoms with Crippen LogP contribution in [0.4, 0.5) is 4.39 Å². The van der Waals surface area contributed by atoms with Gasteiger partial charge in [-0.2, -0.15) is 14.9 Å². The largest absolute Gasteiger partial charge is 0.199 e. The molecular formula is C30H39FN2. The summed E-state index contributed by atoms with van der Waals surface area (Å²) in [5.41, 5.74) is 2.18. The average Bonchev–Trinajstić information content (AvgIpc) is 2.87. The molecule has 0 amide bonds. The SMILES string of the molecule is N#CC(F)=CC=CCCC1CCC(CCCCC2CCC(c3ccc(C#N)cc3)CC2)CC1. The Kier molecular flexibility index (Phi) is 10.7. The highest BCUT2D eigenvalue weighted by atomic mass is 19.1. The van der Waals surface area contributed by atoms with Crippen molar-refractivity contribution in [1.29, 1.82) is 10.5 Å². The van der Waals surface area contributed by atoms with Gasteiger partial charge in [-0.05, 0) is 86.0 Å². The first-order chi connectivity index (χ1) is 16.2. The van der Waals surface area contributed by atoms with Crippen LogP contribution in [0, 0.1) is 40.4 Å². The van der Waals surface area contributed by atoms with Gasteiger partial charge < -0.3 is 0 Å². The van der Waals surface area contributed by atoms with Crippen LogP contribution in [0.1, 0.15) is 107 Å². The molecule has 3 heteroatoms. The van der Waals surface area contributed by atoms with Crippen LogP contribution < -0.4 is 0 Å². The molecule has 2 saturated carbocycles. The third-order valence-corrected chi connectivity index (χ3v) is 8.03. The maximum Gasteiger partial charge on any atom is 0.199 e. The zero-order chi connectivity index (χ0) is 23.3. The van der Waals surface area contributed by atoms with E-state index in [2.05, 4.69) is 18.2 Å². The van der Waals surface area contributed by atoms with E-state index in [9.17, 15) is 4.39 Å². The quantitative estimate of drug-likeness (QED) is 0.205. The van der Waals surface area contributed by atoms with Crippen molar-refractivity contribution in [2.24, 2.45) is 17.8 Å². The molecule has 0 aromatic heterocycles. The standard InChI is InChI=1S/C30H39FN2/c31-30(23-33)9-3-1-2-6-24-10-12-25(13-11-24)7-4-5-8-26-14-18-28(19-15-26)29-20-16-27(22-32)17-21-29/h1,3,9,16-17,20-21,24-26,28H,2,4-8,10-15,18-19H2. The number of nitriles is 2. The Hall–Kier alpha value is -2.39. The molecule has 2 nitrogen and oxygen atoms in total. The first kappa shape index (κ1) is 25.2. The molecule has 33 heavy (non-hydrogen) atoms. The predicted molar refractivity (Wildman–Crippen MR) is 133 cm³/mol. The van der Waals surface area contributed by atoms with E-state index in [1.54, 1.807) is 6.08 Å². The molecule has 0 unspecified atom stereocenters. The van der Waals surface area contributed by atoms with E-state index in [1.807, 2.05) is 18.2 Å². The Bertz CT molecular complexity index is 839. The van der Waals surface area contributed by atoms with Gasteiger partial charge in [0, 0.05) is 0 Å². The number of rotatable bonds is 10. The Morgan fingerprint density at radius 1 is 0.818 bits per heavy atom. The lowest BCUT2D eigenvalue weighted by atomic mass is 9.76. The normalized spacial score (nSPS) is 26.1. The van der Waals surface area contributed by atoms with Crippen molar-refractivity contribution in [2.75, 3.05) is 0 Å². The molecular weight excluding hydrogens is 407 g/mol. The number of allylic oxidation sites excluding steroid dienone is 4. The average molecular weight is 447 g/mol. The summed E-state index contributed by atoms with van der Waals surface area (Å²) in [6.07, 6.45) is 23.5. The lowest BCUT2D eigenvalue weighted by Crippen LogP contribution is -2.15. The van der Waals surface area contributed by atoms with E-state index >= 15 is 0 Å². The number of benzene rings is 1. The van der Waals surface area contributed by atoms with Gasteiger partial charge >= 0.3 is 0 Å². The Morgan fingerprint density at radius 2 is 1.36 bits per heavy atom. The molecule has 2 aliphatic rings. The molecule has 0 spiro atoms. The smallest absolute Gasteiger partial charge is 0.195 e. The molecule has 0 bridgehead atoms. The van der Waals surface area contributed by atoms with Crippen molar-refractivity contribution >= 4 is 0 Å². The van der Waals surface area contributed by atoms with Crippen LogP contribution in [-0.2, 0) is 0 Å². The topological polar surface area (TPSA) is 47.6 Å². The molecule has 0 radical (unpaired) electrons. The van der Waals surface area contributed by atoms with Crippen molar-refractivity contribution in [1.82, 2.24) is 0 Å². The Balaban J connectivity index is 1.22. The van der Waals surface area contributed by atoms with Gasteiger partial charge in [-0.1, -0.05) is 75.7 Å². The van der Waals surface area contributed by atoms with Crippen LogP contribution in [0.3, 0.4) is 0 Å². The maximum absolute atomic E-state index is 12.7. The molecule has 1 aromatic rings. The first-order valence-electron chi connectivity index (χ1n) is 13.1. The Labute approximate surface area is 200 Å². The zero-order valence-electron chi connectivity index (χ0n) is 20.0. The highest BCUT2D eigenvalue weighted by molar-refractivity contribution is 5.33. The molecule has 3 rings (SSSR count). The summed E-state index contributed by atoms with van der Waals surface area (Å²) in [6.45, 7) is 0. The van der Waals surface area contributed by atoms with Crippen molar-refractivity contribution in [3.63, 3.8) is 0 Å². The summed E-state index contributed by atoms with van der Waals surface area (Å²) >= 11 is 0. The summed E-state index contributed by atoms with van der Waals surface area (Å²) in [5.74, 6) is 2.64. The zero-order valence-corrected chi connectivity index (χ0v) is 20.0. The molecule has 0 N–H and O–H groups in total. The monoisotopic (exact) mass is 446 g/mol. The minimum atomic E-state index is -0.720. The van der Waals surface area contributed by atoms with Gasteiger partial charge in [-0.25, -0.2) is 0 Å². The van der Waals surface area contributed by atoms with Gasteiger partial charge in [-0.15, -0.1) is 0 Å². The van der Waals surface area contributed by atoms with Gasteiger partial charge in [0.25, 0.3) is 0 Å². The number of nitrogens with zero attached hydrogens (tertiary/aromatic N) is 2. The minimum absolute atomic E-state index is 0.690. The summed E-state index contributed by atoms with van der Waals surface area (Å²) in [5, 5.41) is 17.4. The molecule has 0 saturated heterocycles. The third kappa shape index (κ3) is 8.81. The number of halogens is 1. The highest BCUT2D eigenvalue weighted by Crippen LogP contribution is 2.38. The predicted octanol–water partition coefficient (Wildman–Crippen LogP) is 8.91. The molecule has 1 aromatic carbocycles. The van der Waals surface area contributed by atoms with Crippen LogP contribution in [0.5, 0.6) is 0 Å². The molecule has 2 aliphatic carbocycles. The van der Waals surface area contributed by atoms with E-state index in [-0.39, 0.29) is 0 Å². The minimum Gasteiger partial charge on any atom is -0.195 e. The number of hydrogen-bond donors (Lipinski definition) is 0. The summed E-state index contributed by atoms with van der Waals surface area (Å²) in [6, 6.07) is 11.9. The van der Waals surface area contributed by atoms with Crippen LogP contribution in [0.25, 0.3) is 0 Å². The fourth-order valence-electron chi connectivity index (χ4n) is 5.91. The van der Waals surface area contributed by atoms with E-state index < -0.39 is 5.83 Å². The van der Waals surface area contributed by atoms with Gasteiger partial charge in [0.15, 0.2) is 5.83 Å². The van der Waals surface area contributed by atoms with Gasteiger partial charge in [0.2, 0.25) is 0 Å². The second kappa shape index (κ2) is 14.0. The van der Waals surface area contributed by atoms with Crippen LogP contribution >= 0.6 is 0 Å². The van der Waals surface area contributed by atoms with Gasteiger partial charge in [0.1, 0.15) is 6.07 Å². The second-order valence-electron chi connectivity index (χ2n) is 10.3. The summed E-state index contributed by atoms with van der Waals surface area (Å²) < 4.78 is 12.7. The molecule has 176 valence electrons. The maximum atomic E-state index is 12.7. The van der Waals surface area contributed by atoms with Crippen LogP contribution in [0.15, 0.2) is 48.3 Å². The second-order valence-corrected chi connectivity index (χ2v) is 10.3. The van der Waals surface area contributed by atoms with E-state index in [0.717, 1.165) is 29.7 Å². The number of hydrogen-bond acceptors (Lipinski definition) is 2. The number of unbranched alkanes of at least 4 members (excludes halogenated alkanes) is 1. The van der Waals surface area contributed by atoms with E-state index in [0.29, 0.717) is 5.92 Å². The van der Waals surface area contributed by atoms with Crippen LogP contribution in [-0.4, -0.2) is 0 Å². The fourth-order valence-corrected chi connectivity index (χ4v) is 5.91.